The fourth-order valence-corrected chi connectivity index (χ4v) is 2.05. The minimum atomic E-state index is 0.188. The fraction of sp³-hybridized carbons (Fsp3) is 0.167. The van der Waals surface area contributed by atoms with E-state index in [1.807, 2.05) is 17.5 Å². The number of nitrogens with zero attached hydrogens (tertiary/aromatic N) is 2. The summed E-state index contributed by atoms with van der Waals surface area (Å²) in [5, 5.41) is 15.0. The molecule has 0 radical (unpaired) electrons. The topological polar surface area (TPSA) is 48.7 Å². The summed E-state index contributed by atoms with van der Waals surface area (Å²) in [6.45, 7) is 2.07. The van der Waals surface area contributed by atoms with Gasteiger partial charge in [-0.25, -0.2) is 4.98 Å². The average molecular weight is 229 g/mol. The predicted octanol–water partition coefficient (Wildman–Crippen LogP) is 3.19. The van der Waals surface area contributed by atoms with E-state index in [0.29, 0.717) is 5.56 Å². The maximum absolute atomic E-state index is 8.68. The molecule has 16 heavy (non-hydrogen) atoms. The van der Waals surface area contributed by atoms with Crippen molar-refractivity contribution in [1.82, 2.24) is 4.98 Å². The van der Waals surface area contributed by atoms with Crippen LogP contribution in [0.5, 0.6) is 0 Å². The maximum atomic E-state index is 8.68. The van der Waals surface area contributed by atoms with Crippen molar-refractivity contribution in [2.75, 3.05) is 5.32 Å². The summed E-state index contributed by atoms with van der Waals surface area (Å²) in [7, 11) is 0. The molecule has 1 unspecified atom stereocenters. The Labute approximate surface area is 98.4 Å². The molecule has 3 nitrogen and oxygen atoms in total. The molecule has 0 aliphatic carbocycles. The van der Waals surface area contributed by atoms with E-state index >= 15 is 0 Å². The summed E-state index contributed by atoms with van der Waals surface area (Å²) in [5.41, 5.74) is 1.68. The van der Waals surface area contributed by atoms with Gasteiger partial charge in [0.05, 0.1) is 17.7 Å². The monoisotopic (exact) mass is 229 g/mol. The smallest absolute Gasteiger partial charge is 0.115 e. The second-order valence-corrected chi connectivity index (χ2v) is 4.35. The minimum absolute atomic E-state index is 0.188. The van der Waals surface area contributed by atoms with Gasteiger partial charge < -0.3 is 5.32 Å². The number of benzene rings is 1. The van der Waals surface area contributed by atoms with Crippen LogP contribution in [-0.4, -0.2) is 4.98 Å². The Morgan fingerprint density at radius 3 is 2.69 bits per heavy atom. The third kappa shape index (κ3) is 2.38. The van der Waals surface area contributed by atoms with Crippen LogP contribution in [0.2, 0.25) is 0 Å². The van der Waals surface area contributed by atoms with E-state index in [9.17, 15) is 0 Å². The van der Waals surface area contributed by atoms with Crippen molar-refractivity contribution >= 4 is 17.0 Å². The summed E-state index contributed by atoms with van der Waals surface area (Å²) in [5.74, 6) is 0. The van der Waals surface area contributed by atoms with Crippen LogP contribution in [0.4, 0.5) is 5.69 Å². The Morgan fingerprint density at radius 1 is 1.38 bits per heavy atom. The number of nitriles is 1. The quantitative estimate of drug-likeness (QED) is 0.879. The van der Waals surface area contributed by atoms with Gasteiger partial charge in [0.25, 0.3) is 0 Å². The lowest BCUT2D eigenvalue weighted by Crippen LogP contribution is -2.05. The Kier molecular flexibility index (Phi) is 3.18. The molecule has 0 aliphatic rings. The molecule has 1 aromatic heterocycles. The number of nitrogens with one attached hydrogen (secondary N) is 1. The molecule has 0 amide bonds. The molecular formula is C12H11N3S. The van der Waals surface area contributed by atoms with Crippen molar-refractivity contribution in [2.24, 2.45) is 0 Å². The second kappa shape index (κ2) is 4.77. The van der Waals surface area contributed by atoms with E-state index in [4.69, 9.17) is 5.26 Å². The van der Waals surface area contributed by atoms with E-state index < -0.39 is 0 Å². The first-order valence-electron chi connectivity index (χ1n) is 4.95. The van der Waals surface area contributed by atoms with Crippen LogP contribution in [0.1, 0.15) is 23.5 Å². The van der Waals surface area contributed by atoms with Crippen LogP contribution in [0, 0.1) is 11.3 Å². The first kappa shape index (κ1) is 10.7. The number of hydrogen-bond donors (Lipinski definition) is 1. The standard InChI is InChI=1S/C12H11N3S/c1-9(12-14-6-7-16-12)15-11-4-2-10(8-13)3-5-11/h2-7,9,15H,1H3. The largest absolute Gasteiger partial charge is 0.376 e. The van der Waals surface area contributed by atoms with Crippen molar-refractivity contribution in [3.8, 4) is 6.07 Å². The van der Waals surface area contributed by atoms with Gasteiger partial charge in [-0.2, -0.15) is 5.26 Å². The normalized spacial score (nSPS) is 11.8. The number of aromatic nitrogens is 1. The van der Waals surface area contributed by atoms with Crippen LogP contribution < -0.4 is 5.32 Å². The van der Waals surface area contributed by atoms with Gasteiger partial charge in [0, 0.05) is 17.3 Å². The van der Waals surface area contributed by atoms with E-state index in [1.54, 1.807) is 29.7 Å². The van der Waals surface area contributed by atoms with Gasteiger partial charge in [-0.1, -0.05) is 0 Å². The van der Waals surface area contributed by atoms with Gasteiger partial charge in [-0.3, -0.25) is 0 Å². The lowest BCUT2D eigenvalue weighted by atomic mass is 10.2. The summed E-state index contributed by atoms with van der Waals surface area (Å²) >= 11 is 1.63. The predicted molar refractivity (Wildman–Crippen MR) is 65.3 cm³/mol. The minimum Gasteiger partial charge on any atom is -0.376 e. The molecule has 1 heterocycles. The number of hydrogen-bond acceptors (Lipinski definition) is 4. The lowest BCUT2D eigenvalue weighted by Gasteiger charge is -2.12. The van der Waals surface area contributed by atoms with Crippen molar-refractivity contribution in [3.05, 3.63) is 46.4 Å². The molecule has 1 atom stereocenters. The van der Waals surface area contributed by atoms with Crippen molar-refractivity contribution in [3.63, 3.8) is 0 Å². The summed E-state index contributed by atoms with van der Waals surface area (Å²) in [6, 6.07) is 9.70. The van der Waals surface area contributed by atoms with Crippen molar-refractivity contribution < 1.29 is 0 Å². The highest BCUT2D eigenvalue weighted by Crippen LogP contribution is 2.20. The van der Waals surface area contributed by atoms with E-state index in [-0.39, 0.29) is 6.04 Å². The maximum Gasteiger partial charge on any atom is 0.115 e. The van der Waals surface area contributed by atoms with Gasteiger partial charge in [-0.15, -0.1) is 11.3 Å². The first-order valence-corrected chi connectivity index (χ1v) is 5.83. The van der Waals surface area contributed by atoms with Gasteiger partial charge in [-0.05, 0) is 31.2 Å². The molecule has 80 valence electrons. The fourth-order valence-electron chi connectivity index (χ4n) is 1.40. The van der Waals surface area contributed by atoms with Gasteiger partial charge in [0.1, 0.15) is 5.01 Å². The Morgan fingerprint density at radius 2 is 2.12 bits per heavy atom. The highest BCUT2D eigenvalue weighted by molar-refractivity contribution is 7.09. The van der Waals surface area contributed by atoms with Crippen LogP contribution in [0.3, 0.4) is 0 Å². The van der Waals surface area contributed by atoms with E-state index in [1.165, 1.54) is 0 Å². The van der Waals surface area contributed by atoms with Crippen LogP contribution in [0.15, 0.2) is 35.8 Å². The third-order valence-corrected chi connectivity index (χ3v) is 3.18. The van der Waals surface area contributed by atoms with Crippen LogP contribution in [-0.2, 0) is 0 Å². The second-order valence-electron chi connectivity index (χ2n) is 3.43. The summed E-state index contributed by atoms with van der Waals surface area (Å²) < 4.78 is 0. The van der Waals surface area contributed by atoms with Crippen molar-refractivity contribution in [1.29, 1.82) is 5.26 Å². The molecule has 4 heteroatoms. The SMILES string of the molecule is CC(Nc1ccc(C#N)cc1)c1nccs1. The summed E-state index contributed by atoms with van der Waals surface area (Å²) in [4.78, 5) is 4.25. The van der Waals surface area contributed by atoms with Crippen LogP contribution >= 0.6 is 11.3 Å². The molecule has 0 aliphatic heterocycles. The zero-order chi connectivity index (χ0) is 11.4. The molecule has 0 spiro atoms. The van der Waals surface area contributed by atoms with E-state index in [2.05, 4.69) is 23.3 Å². The summed E-state index contributed by atoms with van der Waals surface area (Å²) in [6.07, 6.45) is 1.80. The highest BCUT2D eigenvalue weighted by atomic mass is 32.1. The third-order valence-electron chi connectivity index (χ3n) is 2.22. The van der Waals surface area contributed by atoms with Gasteiger partial charge >= 0.3 is 0 Å². The average Bonchev–Trinajstić information content (AvgIpc) is 2.83. The Balaban J connectivity index is 2.07. The molecule has 0 fully saturated rings. The Bertz CT molecular complexity index is 482. The molecule has 1 N–H and O–H groups in total. The van der Waals surface area contributed by atoms with E-state index in [0.717, 1.165) is 10.7 Å². The van der Waals surface area contributed by atoms with Gasteiger partial charge in [0.2, 0.25) is 0 Å². The number of anilines is 1. The first-order chi connectivity index (χ1) is 7.79. The zero-order valence-electron chi connectivity index (χ0n) is 8.84. The van der Waals surface area contributed by atoms with Crippen LogP contribution in [0.25, 0.3) is 0 Å². The molecule has 0 bridgehead atoms. The lowest BCUT2D eigenvalue weighted by molar-refractivity contribution is 0.870. The molecule has 1 aromatic carbocycles. The molecule has 0 saturated heterocycles. The highest BCUT2D eigenvalue weighted by Gasteiger charge is 2.07. The molecule has 0 saturated carbocycles. The molecule has 2 aromatic rings. The molecule has 2 rings (SSSR count). The number of thiazole rings is 1. The Hall–Kier alpha value is -1.86. The molecular weight excluding hydrogens is 218 g/mol. The van der Waals surface area contributed by atoms with Gasteiger partial charge in [0.15, 0.2) is 0 Å². The van der Waals surface area contributed by atoms with Crippen molar-refractivity contribution in [2.45, 2.75) is 13.0 Å². The zero-order valence-corrected chi connectivity index (χ0v) is 9.66. The number of rotatable bonds is 3.